The summed E-state index contributed by atoms with van der Waals surface area (Å²) in [6, 6.07) is 7.50. The van der Waals surface area contributed by atoms with E-state index in [0.717, 1.165) is 6.42 Å². The molecule has 1 fully saturated rings. The van der Waals surface area contributed by atoms with Gasteiger partial charge in [0.2, 0.25) is 5.91 Å². The molecule has 1 aromatic carbocycles. The van der Waals surface area contributed by atoms with E-state index in [-0.39, 0.29) is 11.8 Å². The molecule has 0 spiro atoms. The van der Waals surface area contributed by atoms with Crippen LogP contribution in [0.4, 0.5) is 4.79 Å². The maximum absolute atomic E-state index is 12.6. The second-order valence-corrected chi connectivity index (χ2v) is 5.43. The van der Waals surface area contributed by atoms with E-state index in [4.69, 9.17) is 5.73 Å². The summed E-state index contributed by atoms with van der Waals surface area (Å²) in [6.45, 7) is 2.81. The molecule has 1 aromatic rings. The SMILES string of the molecule is CC(O)C1CCN(C(=O)C(NC(N)=O)c2ccccc2)C1. The monoisotopic (exact) mass is 291 g/mol. The van der Waals surface area contributed by atoms with Crippen LogP contribution in [0.5, 0.6) is 0 Å². The zero-order valence-corrected chi connectivity index (χ0v) is 12.0. The van der Waals surface area contributed by atoms with Gasteiger partial charge in [-0.2, -0.15) is 0 Å². The normalized spacial score (nSPS) is 20.9. The van der Waals surface area contributed by atoms with Crippen LogP contribution in [0.1, 0.15) is 24.9 Å². The summed E-state index contributed by atoms with van der Waals surface area (Å²) in [5.74, 6) is -0.109. The number of nitrogens with two attached hydrogens (primary N) is 1. The highest BCUT2D eigenvalue weighted by atomic mass is 16.3. The summed E-state index contributed by atoms with van der Waals surface area (Å²) in [5.41, 5.74) is 5.88. The highest BCUT2D eigenvalue weighted by molar-refractivity contribution is 5.87. The number of hydrogen-bond acceptors (Lipinski definition) is 3. The molecule has 1 heterocycles. The Kier molecular flexibility index (Phi) is 4.80. The Labute approximate surface area is 123 Å². The van der Waals surface area contributed by atoms with Crippen molar-refractivity contribution in [3.8, 4) is 0 Å². The Bertz CT molecular complexity index is 504. The van der Waals surface area contributed by atoms with Crippen molar-refractivity contribution in [1.82, 2.24) is 10.2 Å². The van der Waals surface area contributed by atoms with Crippen molar-refractivity contribution >= 4 is 11.9 Å². The van der Waals surface area contributed by atoms with Gasteiger partial charge in [-0.25, -0.2) is 4.79 Å². The Morgan fingerprint density at radius 3 is 2.57 bits per heavy atom. The van der Waals surface area contributed by atoms with E-state index in [1.165, 1.54) is 0 Å². The van der Waals surface area contributed by atoms with Gasteiger partial charge in [0, 0.05) is 19.0 Å². The number of benzene rings is 1. The predicted octanol–water partition coefficient (Wildman–Crippen LogP) is 0.625. The summed E-state index contributed by atoms with van der Waals surface area (Å²) in [4.78, 5) is 25.5. The second-order valence-electron chi connectivity index (χ2n) is 5.43. The van der Waals surface area contributed by atoms with Crippen LogP contribution in [-0.2, 0) is 4.79 Å². The minimum atomic E-state index is -0.781. The molecule has 6 nitrogen and oxygen atoms in total. The number of carbonyl (C=O) groups is 2. The average molecular weight is 291 g/mol. The molecule has 21 heavy (non-hydrogen) atoms. The summed E-state index contributed by atoms with van der Waals surface area (Å²) in [5, 5.41) is 12.1. The maximum Gasteiger partial charge on any atom is 0.313 e. The highest BCUT2D eigenvalue weighted by Gasteiger charge is 2.33. The molecule has 0 bridgehead atoms. The first-order valence-electron chi connectivity index (χ1n) is 7.07. The number of aliphatic hydroxyl groups is 1. The Balaban J connectivity index is 2.14. The Morgan fingerprint density at radius 1 is 1.38 bits per heavy atom. The summed E-state index contributed by atoms with van der Waals surface area (Å²) in [7, 11) is 0. The van der Waals surface area contributed by atoms with Crippen LogP contribution >= 0.6 is 0 Å². The van der Waals surface area contributed by atoms with E-state index in [1.54, 1.807) is 36.1 Å². The van der Waals surface area contributed by atoms with Gasteiger partial charge in [0.25, 0.3) is 0 Å². The lowest BCUT2D eigenvalue weighted by molar-refractivity contribution is -0.132. The van der Waals surface area contributed by atoms with Crippen LogP contribution in [0.2, 0.25) is 0 Å². The van der Waals surface area contributed by atoms with Crippen molar-refractivity contribution in [2.45, 2.75) is 25.5 Å². The number of aliphatic hydroxyl groups excluding tert-OH is 1. The molecule has 1 aliphatic heterocycles. The van der Waals surface area contributed by atoms with Crippen molar-refractivity contribution in [3.63, 3.8) is 0 Å². The molecule has 3 unspecified atom stereocenters. The number of rotatable bonds is 4. The average Bonchev–Trinajstić information content (AvgIpc) is 2.95. The molecule has 3 atom stereocenters. The smallest absolute Gasteiger partial charge is 0.313 e. The van der Waals surface area contributed by atoms with E-state index in [0.29, 0.717) is 18.7 Å². The summed E-state index contributed by atoms with van der Waals surface area (Å²) in [6.07, 6.45) is 0.323. The first-order valence-corrected chi connectivity index (χ1v) is 7.07. The quantitative estimate of drug-likeness (QED) is 0.759. The van der Waals surface area contributed by atoms with Crippen LogP contribution in [0.15, 0.2) is 30.3 Å². The first-order chi connectivity index (χ1) is 9.99. The van der Waals surface area contributed by atoms with Gasteiger partial charge in [0.15, 0.2) is 0 Å². The lowest BCUT2D eigenvalue weighted by Crippen LogP contribution is -2.44. The van der Waals surface area contributed by atoms with Crippen LogP contribution in [-0.4, -0.2) is 41.1 Å². The van der Waals surface area contributed by atoms with Crippen LogP contribution in [0, 0.1) is 5.92 Å². The van der Waals surface area contributed by atoms with E-state index in [9.17, 15) is 14.7 Å². The van der Waals surface area contributed by atoms with E-state index < -0.39 is 18.2 Å². The molecule has 6 heteroatoms. The van der Waals surface area contributed by atoms with E-state index >= 15 is 0 Å². The molecule has 0 radical (unpaired) electrons. The fraction of sp³-hybridized carbons (Fsp3) is 0.467. The van der Waals surface area contributed by atoms with Gasteiger partial charge in [0.05, 0.1) is 6.10 Å². The minimum Gasteiger partial charge on any atom is -0.393 e. The van der Waals surface area contributed by atoms with Crippen molar-refractivity contribution in [3.05, 3.63) is 35.9 Å². The Morgan fingerprint density at radius 2 is 2.05 bits per heavy atom. The Hall–Kier alpha value is -2.08. The number of carbonyl (C=O) groups excluding carboxylic acids is 2. The number of nitrogens with zero attached hydrogens (tertiary/aromatic N) is 1. The number of primary amides is 1. The molecular formula is C15H21N3O3. The minimum absolute atomic E-state index is 0.0824. The summed E-state index contributed by atoms with van der Waals surface area (Å²) < 4.78 is 0. The molecule has 114 valence electrons. The molecule has 2 rings (SSSR count). The standard InChI is InChI=1S/C15H21N3O3/c1-10(19)12-7-8-18(9-12)14(20)13(17-15(16)21)11-5-3-2-4-6-11/h2-6,10,12-13,19H,7-9H2,1H3,(H3,16,17,21). The first kappa shape index (κ1) is 15.3. The zero-order chi connectivity index (χ0) is 15.4. The highest BCUT2D eigenvalue weighted by Crippen LogP contribution is 2.24. The number of hydrogen-bond donors (Lipinski definition) is 3. The van der Waals surface area contributed by atoms with Gasteiger partial charge in [-0.15, -0.1) is 0 Å². The summed E-state index contributed by atoms with van der Waals surface area (Å²) >= 11 is 0. The lowest BCUT2D eigenvalue weighted by atomic mass is 10.0. The second kappa shape index (κ2) is 6.58. The van der Waals surface area contributed by atoms with Gasteiger partial charge in [-0.3, -0.25) is 4.79 Å². The molecule has 4 N–H and O–H groups in total. The number of amides is 3. The molecular weight excluding hydrogens is 270 g/mol. The number of urea groups is 1. The lowest BCUT2D eigenvalue weighted by Gasteiger charge is -2.24. The maximum atomic E-state index is 12.6. The van der Waals surface area contributed by atoms with Crippen LogP contribution in [0.25, 0.3) is 0 Å². The van der Waals surface area contributed by atoms with E-state index in [2.05, 4.69) is 5.32 Å². The van der Waals surface area contributed by atoms with Gasteiger partial charge in [-0.05, 0) is 18.9 Å². The predicted molar refractivity (Wildman–Crippen MR) is 78.3 cm³/mol. The third-order valence-corrected chi connectivity index (χ3v) is 3.89. The van der Waals surface area contributed by atoms with Gasteiger partial charge < -0.3 is 21.1 Å². The number of nitrogens with one attached hydrogen (secondary N) is 1. The van der Waals surface area contributed by atoms with E-state index in [1.807, 2.05) is 6.07 Å². The molecule has 0 saturated carbocycles. The third kappa shape index (κ3) is 3.72. The molecule has 1 saturated heterocycles. The van der Waals surface area contributed by atoms with Crippen LogP contribution < -0.4 is 11.1 Å². The molecule has 0 aromatic heterocycles. The zero-order valence-electron chi connectivity index (χ0n) is 12.0. The van der Waals surface area contributed by atoms with Crippen molar-refractivity contribution in [1.29, 1.82) is 0 Å². The van der Waals surface area contributed by atoms with Crippen LogP contribution in [0.3, 0.4) is 0 Å². The van der Waals surface area contributed by atoms with Crippen molar-refractivity contribution < 1.29 is 14.7 Å². The van der Waals surface area contributed by atoms with Crippen molar-refractivity contribution in [2.24, 2.45) is 11.7 Å². The van der Waals surface area contributed by atoms with Gasteiger partial charge >= 0.3 is 6.03 Å². The molecule has 0 aliphatic carbocycles. The van der Waals surface area contributed by atoms with Crippen molar-refractivity contribution in [2.75, 3.05) is 13.1 Å². The largest absolute Gasteiger partial charge is 0.393 e. The fourth-order valence-electron chi connectivity index (χ4n) is 2.64. The molecule has 3 amide bonds. The topological polar surface area (TPSA) is 95.7 Å². The molecule has 1 aliphatic rings. The van der Waals surface area contributed by atoms with Gasteiger partial charge in [-0.1, -0.05) is 30.3 Å². The number of likely N-dealkylation sites (tertiary alicyclic amines) is 1. The van der Waals surface area contributed by atoms with Gasteiger partial charge in [0.1, 0.15) is 6.04 Å². The fourth-order valence-corrected chi connectivity index (χ4v) is 2.64. The third-order valence-electron chi connectivity index (χ3n) is 3.89.